The van der Waals surface area contributed by atoms with Crippen LogP contribution in [0.5, 0.6) is 0 Å². The topological polar surface area (TPSA) is 89.9 Å². The number of ether oxygens (including phenoxy) is 2. The van der Waals surface area contributed by atoms with E-state index in [-0.39, 0.29) is 31.8 Å². The Bertz CT molecular complexity index is 567. The number of hydrogen-bond donors (Lipinski definition) is 1. The van der Waals surface area contributed by atoms with Crippen molar-refractivity contribution < 1.29 is 29.0 Å². The van der Waals surface area contributed by atoms with Gasteiger partial charge in [-0.25, -0.2) is 4.79 Å². The van der Waals surface area contributed by atoms with Gasteiger partial charge in [0, 0.05) is 12.8 Å². The van der Waals surface area contributed by atoms with Crippen LogP contribution in [0, 0.1) is 0 Å². The first-order valence-corrected chi connectivity index (χ1v) is 6.99. The van der Waals surface area contributed by atoms with Crippen LogP contribution in [0.1, 0.15) is 30.1 Å². The normalized spacial score (nSPS) is 24.8. The summed E-state index contributed by atoms with van der Waals surface area (Å²) in [5.41, 5.74) is -1.34. The fraction of sp³-hybridized carbons (Fsp3) is 0.438. The van der Waals surface area contributed by atoms with Crippen molar-refractivity contribution in [2.24, 2.45) is 0 Å². The summed E-state index contributed by atoms with van der Waals surface area (Å²) in [6.07, 6.45) is -0.957. The summed E-state index contributed by atoms with van der Waals surface area (Å²) in [5.74, 6) is -1.25. The standard InChI is InChI=1S/C16H18O6/c1-11(17)8-16(20)10-22-13(7-14(16)18)9-21-15(19)12-5-3-2-4-6-12/h2-6,13,20H,7-10H2,1H3/t13-,16+/m0/s1. The number of ketones is 2. The summed E-state index contributed by atoms with van der Waals surface area (Å²) in [6.45, 7) is 0.966. The Balaban J connectivity index is 1.85. The Morgan fingerprint density at radius 3 is 2.64 bits per heavy atom. The van der Waals surface area contributed by atoms with Crippen molar-refractivity contribution in [1.82, 2.24) is 0 Å². The second kappa shape index (κ2) is 6.81. The van der Waals surface area contributed by atoms with Crippen molar-refractivity contribution in [3.63, 3.8) is 0 Å². The molecule has 2 rings (SSSR count). The Morgan fingerprint density at radius 2 is 2.05 bits per heavy atom. The largest absolute Gasteiger partial charge is 0.459 e. The van der Waals surface area contributed by atoms with E-state index < -0.39 is 23.5 Å². The maximum atomic E-state index is 12.0. The first kappa shape index (κ1) is 16.3. The minimum absolute atomic E-state index is 0.0738. The fourth-order valence-corrected chi connectivity index (χ4v) is 2.29. The van der Waals surface area contributed by atoms with Crippen LogP contribution in [0.15, 0.2) is 30.3 Å². The molecule has 0 radical (unpaired) electrons. The highest BCUT2D eigenvalue weighted by Gasteiger charge is 2.43. The molecule has 118 valence electrons. The molecule has 1 N–H and O–H groups in total. The minimum Gasteiger partial charge on any atom is -0.459 e. The molecule has 0 saturated carbocycles. The monoisotopic (exact) mass is 306 g/mol. The molecule has 0 aliphatic carbocycles. The molecule has 1 heterocycles. The van der Waals surface area contributed by atoms with E-state index in [0.717, 1.165) is 0 Å². The van der Waals surface area contributed by atoms with Crippen LogP contribution in [0.25, 0.3) is 0 Å². The van der Waals surface area contributed by atoms with Gasteiger partial charge in [0.2, 0.25) is 0 Å². The smallest absolute Gasteiger partial charge is 0.338 e. The molecule has 6 nitrogen and oxygen atoms in total. The molecule has 1 aromatic rings. The second-order valence-corrected chi connectivity index (χ2v) is 5.44. The lowest BCUT2D eigenvalue weighted by atomic mass is 9.88. The van der Waals surface area contributed by atoms with E-state index in [1.54, 1.807) is 30.3 Å². The minimum atomic E-state index is -1.76. The highest BCUT2D eigenvalue weighted by molar-refractivity contribution is 5.93. The van der Waals surface area contributed by atoms with Crippen molar-refractivity contribution in [2.75, 3.05) is 13.2 Å². The Labute approximate surface area is 128 Å². The lowest BCUT2D eigenvalue weighted by Gasteiger charge is -2.33. The summed E-state index contributed by atoms with van der Waals surface area (Å²) < 4.78 is 10.5. The van der Waals surface area contributed by atoms with Crippen LogP contribution >= 0.6 is 0 Å². The average molecular weight is 306 g/mol. The van der Waals surface area contributed by atoms with E-state index in [2.05, 4.69) is 0 Å². The van der Waals surface area contributed by atoms with Crippen LogP contribution in [0.3, 0.4) is 0 Å². The third kappa shape index (κ3) is 3.99. The maximum Gasteiger partial charge on any atom is 0.338 e. The van der Waals surface area contributed by atoms with Gasteiger partial charge in [0.05, 0.1) is 18.3 Å². The number of Topliss-reactive ketones (excluding diaryl/α,β-unsaturated/α-hetero) is 2. The zero-order chi connectivity index (χ0) is 16.2. The van der Waals surface area contributed by atoms with Crippen LogP contribution in [-0.2, 0) is 19.1 Å². The van der Waals surface area contributed by atoms with E-state index in [1.165, 1.54) is 6.92 Å². The van der Waals surface area contributed by atoms with E-state index in [4.69, 9.17) is 9.47 Å². The molecule has 0 spiro atoms. The van der Waals surface area contributed by atoms with Crippen molar-refractivity contribution in [1.29, 1.82) is 0 Å². The molecule has 0 unspecified atom stereocenters. The van der Waals surface area contributed by atoms with Crippen LogP contribution in [0.2, 0.25) is 0 Å². The van der Waals surface area contributed by atoms with Crippen molar-refractivity contribution in [3.8, 4) is 0 Å². The van der Waals surface area contributed by atoms with E-state index in [0.29, 0.717) is 5.56 Å². The summed E-state index contributed by atoms with van der Waals surface area (Å²) in [6, 6.07) is 8.48. The van der Waals surface area contributed by atoms with E-state index in [9.17, 15) is 19.5 Å². The lowest BCUT2D eigenvalue weighted by Crippen LogP contribution is -2.52. The quantitative estimate of drug-likeness (QED) is 0.813. The van der Waals surface area contributed by atoms with E-state index >= 15 is 0 Å². The molecule has 1 aliphatic heterocycles. The first-order chi connectivity index (χ1) is 10.4. The summed E-state index contributed by atoms with van der Waals surface area (Å²) in [4.78, 5) is 34.8. The predicted molar refractivity (Wildman–Crippen MR) is 76.3 cm³/mol. The van der Waals surface area contributed by atoms with Crippen molar-refractivity contribution >= 4 is 17.5 Å². The van der Waals surface area contributed by atoms with Crippen LogP contribution < -0.4 is 0 Å². The third-order valence-corrected chi connectivity index (χ3v) is 3.44. The third-order valence-electron chi connectivity index (χ3n) is 3.44. The predicted octanol–water partition coefficient (Wildman–Crippen LogP) is 0.912. The molecule has 0 aromatic heterocycles. The Morgan fingerprint density at radius 1 is 1.36 bits per heavy atom. The molecule has 1 aliphatic rings. The number of hydrogen-bond acceptors (Lipinski definition) is 6. The summed E-state index contributed by atoms with van der Waals surface area (Å²) in [7, 11) is 0. The molecule has 6 heteroatoms. The fourth-order valence-electron chi connectivity index (χ4n) is 2.29. The number of esters is 1. The van der Waals surface area contributed by atoms with Gasteiger partial charge in [-0.1, -0.05) is 18.2 Å². The molecule has 0 bridgehead atoms. The molecule has 1 saturated heterocycles. The summed E-state index contributed by atoms with van der Waals surface area (Å²) in [5, 5.41) is 10.1. The number of carbonyl (C=O) groups is 3. The van der Waals surface area contributed by atoms with Gasteiger partial charge < -0.3 is 14.6 Å². The molecular weight excluding hydrogens is 288 g/mol. The molecule has 2 atom stereocenters. The number of aliphatic hydroxyl groups is 1. The molecule has 0 amide bonds. The first-order valence-electron chi connectivity index (χ1n) is 6.99. The Hall–Kier alpha value is -2.05. The maximum absolute atomic E-state index is 12.0. The lowest BCUT2D eigenvalue weighted by molar-refractivity contribution is -0.169. The van der Waals surface area contributed by atoms with Crippen molar-refractivity contribution in [2.45, 2.75) is 31.5 Å². The van der Waals surface area contributed by atoms with Gasteiger partial charge in [0.1, 0.15) is 12.4 Å². The van der Waals surface area contributed by atoms with E-state index in [1.807, 2.05) is 0 Å². The molecule has 1 fully saturated rings. The van der Waals surface area contributed by atoms with Gasteiger partial charge in [-0.2, -0.15) is 0 Å². The van der Waals surface area contributed by atoms with Gasteiger partial charge >= 0.3 is 5.97 Å². The van der Waals surface area contributed by atoms with Gasteiger partial charge in [0.25, 0.3) is 0 Å². The molecule has 22 heavy (non-hydrogen) atoms. The average Bonchev–Trinajstić information content (AvgIpc) is 2.48. The highest BCUT2D eigenvalue weighted by atomic mass is 16.6. The number of carbonyl (C=O) groups excluding carboxylic acids is 3. The highest BCUT2D eigenvalue weighted by Crippen LogP contribution is 2.23. The van der Waals surface area contributed by atoms with Gasteiger partial charge in [-0.15, -0.1) is 0 Å². The van der Waals surface area contributed by atoms with Gasteiger partial charge in [-0.05, 0) is 19.1 Å². The number of rotatable bonds is 5. The van der Waals surface area contributed by atoms with Crippen molar-refractivity contribution in [3.05, 3.63) is 35.9 Å². The second-order valence-electron chi connectivity index (χ2n) is 5.44. The summed E-state index contributed by atoms with van der Waals surface area (Å²) >= 11 is 0. The Kier molecular flexibility index (Phi) is 5.05. The zero-order valence-corrected chi connectivity index (χ0v) is 12.3. The van der Waals surface area contributed by atoms with Gasteiger partial charge in [-0.3, -0.25) is 9.59 Å². The SMILES string of the molecule is CC(=O)C[C@@]1(O)CO[C@H](COC(=O)c2ccccc2)CC1=O. The zero-order valence-electron chi connectivity index (χ0n) is 12.3. The molecule has 1 aromatic carbocycles. The molecular formula is C16H18O6. The van der Waals surface area contributed by atoms with Crippen LogP contribution in [-0.4, -0.2) is 47.6 Å². The van der Waals surface area contributed by atoms with Crippen LogP contribution in [0.4, 0.5) is 0 Å². The van der Waals surface area contributed by atoms with Gasteiger partial charge in [0.15, 0.2) is 11.4 Å². The number of benzene rings is 1.